The Hall–Kier alpha value is -1.65. The van der Waals surface area contributed by atoms with Crippen molar-refractivity contribution in [1.29, 1.82) is 0 Å². The van der Waals surface area contributed by atoms with E-state index in [-0.39, 0.29) is 12.5 Å². The summed E-state index contributed by atoms with van der Waals surface area (Å²) in [5.74, 6) is -0.0233. The molecule has 4 nitrogen and oxygen atoms in total. The lowest BCUT2D eigenvalue weighted by Gasteiger charge is -2.22. The Morgan fingerprint density at radius 3 is 0.917 bits per heavy atom. The van der Waals surface area contributed by atoms with Gasteiger partial charge < -0.3 is 15.5 Å². The molecule has 4 heteroatoms. The first kappa shape index (κ1) is 70.3. The van der Waals surface area contributed by atoms with Crippen molar-refractivity contribution >= 4 is 5.91 Å². The molecular formula is C68H129NO3. The van der Waals surface area contributed by atoms with E-state index in [9.17, 15) is 15.0 Å². The van der Waals surface area contributed by atoms with Crippen LogP contribution in [0.1, 0.15) is 361 Å². The molecule has 0 spiro atoms. The van der Waals surface area contributed by atoms with Gasteiger partial charge in [-0.2, -0.15) is 0 Å². The standard InChI is InChI=1S/C68H129NO3/c1-3-5-7-9-11-13-15-17-19-21-23-24-25-26-27-28-29-30-31-32-33-34-35-36-37-38-39-40-41-42-43-44-46-48-50-52-54-56-58-60-62-64-68(72)69-66(65-70)67(71)63-61-59-57-55-53-51-49-47-45-22-20-18-16-14-12-10-8-6-4-2/h5,7,11,13,17,19,23-24,66-67,70-71H,3-4,6,8-10,12,14-16,18,20-22,25-65H2,1-2H3,(H,69,72)/b7-5-,13-11-,19-17-,24-23-. The summed E-state index contributed by atoms with van der Waals surface area (Å²) in [6.45, 7) is 4.28. The zero-order valence-electron chi connectivity index (χ0n) is 49.0. The van der Waals surface area contributed by atoms with Crippen molar-refractivity contribution in [3.63, 3.8) is 0 Å². The number of allylic oxidation sites excluding steroid dienone is 8. The highest BCUT2D eigenvalue weighted by atomic mass is 16.3. The molecule has 0 aliphatic heterocycles. The third kappa shape index (κ3) is 59.2. The Balaban J connectivity index is 3.36. The highest BCUT2D eigenvalue weighted by Gasteiger charge is 2.20. The lowest BCUT2D eigenvalue weighted by molar-refractivity contribution is -0.123. The predicted molar refractivity (Wildman–Crippen MR) is 322 cm³/mol. The molecular weight excluding hydrogens is 879 g/mol. The van der Waals surface area contributed by atoms with Crippen LogP contribution in [0.5, 0.6) is 0 Å². The van der Waals surface area contributed by atoms with Crippen molar-refractivity contribution in [2.24, 2.45) is 0 Å². The first-order valence-electron chi connectivity index (χ1n) is 32.8. The van der Waals surface area contributed by atoms with E-state index < -0.39 is 12.1 Å². The van der Waals surface area contributed by atoms with E-state index in [1.54, 1.807) is 0 Å². The largest absolute Gasteiger partial charge is 0.394 e. The maximum Gasteiger partial charge on any atom is 0.220 e. The average molecular weight is 1010 g/mol. The number of aliphatic hydroxyl groups excluding tert-OH is 2. The summed E-state index contributed by atoms with van der Waals surface area (Å²) in [6.07, 6.45) is 88.7. The van der Waals surface area contributed by atoms with Crippen LogP contribution >= 0.6 is 0 Å². The van der Waals surface area contributed by atoms with Crippen molar-refractivity contribution in [2.45, 2.75) is 373 Å². The molecule has 72 heavy (non-hydrogen) atoms. The van der Waals surface area contributed by atoms with Gasteiger partial charge in [0.15, 0.2) is 0 Å². The van der Waals surface area contributed by atoms with E-state index in [0.29, 0.717) is 12.8 Å². The van der Waals surface area contributed by atoms with Crippen LogP contribution in [0, 0.1) is 0 Å². The Bertz CT molecular complexity index is 1140. The van der Waals surface area contributed by atoms with Gasteiger partial charge in [0.05, 0.1) is 18.8 Å². The molecule has 0 aliphatic carbocycles. The van der Waals surface area contributed by atoms with Gasteiger partial charge in [-0.1, -0.05) is 351 Å². The van der Waals surface area contributed by atoms with Crippen molar-refractivity contribution in [2.75, 3.05) is 6.61 Å². The van der Waals surface area contributed by atoms with E-state index in [0.717, 1.165) is 51.4 Å². The molecule has 0 bridgehead atoms. The number of carbonyl (C=O) groups excluding carboxylic acids is 1. The van der Waals surface area contributed by atoms with E-state index in [1.165, 1.54) is 283 Å². The maximum absolute atomic E-state index is 12.5. The van der Waals surface area contributed by atoms with Crippen LogP contribution in [0.25, 0.3) is 0 Å². The van der Waals surface area contributed by atoms with Crippen LogP contribution in [0.15, 0.2) is 48.6 Å². The second kappa shape index (κ2) is 63.6. The molecule has 2 atom stereocenters. The minimum Gasteiger partial charge on any atom is -0.394 e. The molecule has 0 rings (SSSR count). The first-order valence-corrected chi connectivity index (χ1v) is 32.8. The number of unbranched alkanes of at least 4 members (excludes halogenated alkanes) is 46. The highest BCUT2D eigenvalue weighted by molar-refractivity contribution is 5.76. The van der Waals surface area contributed by atoms with Crippen molar-refractivity contribution in [3.05, 3.63) is 48.6 Å². The number of nitrogens with one attached hydrogen (secondary N) is 1. The molecule has 1 amide bonds. The van der Waals surface area contributed by atoms with Crippen LogP contribution in [0.2, 0.25) is 0 Å². The van der Waals surface area contributed by atoms with Crippen LogP contribution in [0.3, 0.4) is 0 Å². The Morgan fingerprint density at radius 1 is 0.347 bits per heavy atom. The molecule has 0 saturated heterocycles. The molecule has 0 aromatic heterocycles. The van der Waals surface area contributed by atoms with E-state index >= 15 is 0 Å². The molecule has 0 saturated carbocycles. The molecule has 0 heterocycles. The first-order chi connectivity index (χ1) is 35.7. The van der Waals surface area contributed by atoms with Crippen molar-refractivity contribution in [3.8, 4) is 0 Å². The zero-order chi connectivity index (χ0) is 52.0. The molecule has 424 valence electrons. The van der Waals surface area contributed by atoms with Crippen LogP contribution in [0.4, 0.5) is 0 Å². The van der Waals surface area contributed by atoms with E-state index in [4.69, 9.17) is 0 Å². The van der Waals surface area contributed by atoms with Crippen LogP contribution < -0.4 is 5.32 Å². The minimum absolute atomic E-state index is 0.0233. The Labute approximate surface area is 452 Å². The molecule has 0 aromatic carbocycles. The van der Waals surface area contributed by atoms with Gasteiger partial charge in [0, 0.05) is 6.42 Å². The van der Waals surface area contributed by atoms with Gasteiger partial charge in [0.25, 0.3) is 0 Å². The van der Waals surface area contributed by atoms with Gasteiger partial charge in [-0.3, -0.25) is 4.79 Å². The highest BCUT2D eigenvalue weighted by Crippen LogP contribution is 2.19. The summed E-state index contributed by atoms with van der Waals surface area (Å²) < 4.78 is 0. The number of amides is 1. The Morgan fingerprint density at radius 2 is 0.611 bits per heavy atom. The molecule has 2 unspecified atom stereocenters. The number of hydrogen-bond donors (Lipinski definition) is 3. The fourth-order valence-electron chi connectivity index (χ4n) is 10.4. The summed E-state index contributed by atoms with van der Waals surface area (Å²) in [5.41, 5.74) is 0. The van der Waals surface area contributed by atoms with Crippen LogP contribution in [-0.4, -0.2) is 34.9 Å². The molecule has 0 fully saturated rings. The summed E-state index contributed by atoms with van der Waals surface area (Å²) in [7, 11) is 0. The van der Waals surface area contributed by atoms with Gasteiger partial charge in [-0.25, -0.2) is 0 Å². The number of hydrogen-bond acceptors (Lipinski definition) is 3. The Kier molecular flexibility index (Phi) is 62.2. The summed E-state index contributed by atoms with van der Waals surface area (Å²) in [5, 5.41) is 23.4. The SMILES string of the molecule is CC/C=C\C/C=C\C/C=C\C/C=C\CCCCCCCCCCCCCCCCCCCCCCCCCCCCCCC(=O)NC(CO)C(O)CCCCCCCCCCCCCCCCCCCCC. The predicted octanol–water partition coefficient (Wildman–Crippen LogP) is 22.2. The molecule has 0 aromatic rings. The topological polar surface area (TPSA) is 69.6 Å². The van der Waals surface area contributed by atoms with E-state index in [2.05, 4.69) is 67.8 Å². The van der Waals surface area contributed by atoms with Gasteiger partial charge in [-0.15, -0.1) is 0 Å². The lowest BCUT2D eigenvalue weighted by Crippen LogP contribution is -2.45. The summed E-state index contributed by atoms with van der Waals surface area (Å²) in [4.78, 5) is 12.5. The quantitative estimate of drug-likeness (QED) is 0.0420. The second-order valence-corrected chi connectivity index (χ2v) is 22.5. The van der Waals surface area contributed by atoms with Crippen molar-refractivity contribution < 1.29 is 15.0 Å². The fourth-order valence-corrected chi connectivity index (χ4v) is 10.4. The fraction of sp³-hybridized carbons (Fsp3) is 0.868. The van der Waals surface area contributed by atoms with Gasteiger partial charge in [0.1, 0.15) is 0 Å². The normalized spacial score (nSPS) is 13.0. The average Bonchev–Trinajstić information content (AvgIpc) is 3.39. The van der Waals surface area contributed by atoms with Gasteiger partial charge >= 0.3 is 0 Å². The number of carbonyl (C=O) groups is 1. The molecule has 0 radical (unpaired) electrons. The van der Waals surface area contributed by atoms with Gasteiger partial charge in [0.2, 0.25) is 5.91 Å². The third-order valence-electron chi connectivity index (χ3n) is 15.4. The monoisotopic (exact) mass is 1010 g/mol. The zero-order valence-corrected chi connectivity index (χ0v) is 49.0. The number of rotatable bonds is 61. The van der Waals surface area contributed by atoms with Crippen molar-refractivity contribution in [1.82, 2.24) is 5.32 Å². The summed E-state index contributed by atoms with van der Waals surface area (Å²) in [6, 6.07) is -0.535. The molecule has 0 aliphatic rings. The maximum atomic E-state index is 12.5. The van der Waals surface area contributed by atoms with Gasteiger partial charge in [-0.05, 0) is 51.4 Å². The minimum atomic E-state index is -0.658. The van der Waals surface area contributed by atoms with E-state index in [1.807, 2.05) is 0 Å². The van der Waals surface area contributed by atoms with Crippen LogP contribution in [-0.2, 0) is 4.79 Å². The summed E-state index contributed by atoms with van der Waals surface area (Å²) >= 11 is 0. The lowest BCUT2D eigenvalue weighted by atomic mass is 10.0. The second-order valence-electron chi connectivity index (χ2n) is 22.5. The molecule has 3 N–H and O–H groups in total. The third-order valence-corrected chi connectivity index (χ3v) is 15.4. The number of aliphatic hydroxyl groups is 2. The smallest absolute Gasteiger partial charge is 0.220 e.